The Balaban J connectivity index is 2.90. The van der Waals surface area contributed by atoms with Gasteiger partial charge in [0.05, 0.1) is 18.3 Å². The van der Waals surface area contributed by atoms with Crippen molar-refractivity contribution in [2.45, 2.75) is 64.6 Å². The third-order valence-electron chi connectivity index (χ3n) is 3.81. The Morgan fingerprint density at radius 2 is 1.86 bits per heavy atom. The van der Waals surface area contributed by atoms with Crippen molar-refractivity contribution in [1.82, 2.24) is 5.32 Å². The van der Waals surface area contributed by atoms with Crippen molar-refractivity contribution >= 4 is 0 Å². The van der Waals surface area contributed by atoms with Gasteiger partial charge in [-0.15, -0.1) is 0 Å². The topological polar surface area (TPSA) is 45.0 Å². The van der Waals surface area contributed by atoms with Crippen LogP contribution in [0.2, 0.25) is 0 Å². The average Bonchev–Trinajstić information content (AvgIpc) is 2.46. The van der Waals surface area contributed by atoms with E-state index < -0.39 is 5.54 Å². The summed E-state index contributed by atoms with van der Waals surface area (Å²) in [6.07, 6.45) is 1.59. The average molecular weight is 288 g/mol. The molecule has 0 saturated heterocycles. The normalized spacial score (nSPS) is 14.7. The molecule has 0 aliphatic rings. The molecule has 0 saturated carbocycles. The Bertz CT molecular complexity index is 462. The molecule has 0 heterocycles. The smallest absolute Gasteiger partial charge is 0.134 e. The van der Waals surface area contributed by atoms with Gasteiger partial charge in [0.15, 0.2) is 0 Å². The van der Waals surface area contributed by atoms with E-state index in [0.29, 0.717) is 13.0 Å². The molecule has 0 fully saturated rings. The first-order valence-electron chi connectivity index (χ1n) is 7.73. The van der Waals surface area contributed by atoms with Crippen molar-refractivity contribution < 1.29 is 4.74 Å². The van der Waals surface area contributed by atoms with Crippen LogP contribution < -0.4 is 5.32 Å². The van der Waals surface area contributed by atoms with Crippen LogP contribution in [0.15, 0.2) is 30.3 Å². The van der Waals surface area contributed by atoms with E-state index in [1.165, 1.54) is 0 Å². The van der Waals surface area contributed by atoms with E-state index in [-0.39, 0.29) is 11.6 Å². The summed E-state index contributed by atoms with van der Waals surface area (Å²) < 4.78 is 5.95. The number of nitrogens with zero attached hydrogens (tertiary/aromatic N) is 1. The minimum absolute atomic E-state index is 0.143. The molecule has 1 N–H and O–H groups in total. The molecule has 1 rings (SSSR count). The number of hydrogen-bond donors (Lipinski definition) is 1. The van der Waals surface area contributed by atoms with Crippen LogP contribution in [0.3, 0.4) is 0 Å². The van der Waals surface area contributed by atoms with Gasteiger partial charge in [0.25, 0.3) is 0 Å². The van der Waals surface area contributed by atoms with Gasteiger partial charge in [0.1, 0.15) is 5.54 Å². The molecule has 0 spiro atoms. The standard InChI is InChI=1S/C18H28N2O/c1-6-17(4,5)21-13-12-18(14-19,20-15(2)3)16-10-8-7-9-11-16/h7-11,15,20H,6,12-13H2,1-5H3. The molecule has 1 atom stereocenters. The van der Waals surface area contributed by atoms with Crippen LogP contribution in [0.4, 0.5) is 0 Å². The first-order chi connectivity index (χ1) is 9.85. The van der Waals surface area contributed by atoms with E-state index in [4.69, 9.17) is 4.74 Å². The largest absolute Gasteiger partial charge is 0.375 e. The highest BCUT2D eigenvalue weighted by Crippen LogP contribution is 2.26. The highest BCUT2D eigenvalue weighted by Gasteiger charge is 2.33. The maximum atomic E-state index is 9.80. The van der Waals surface area contributed by atoms with Crippen LogP contribution >= 0.6 is 0 Å². The summed E-state index contributed by atoms with van der Waals surface area (Å²) in [5.41, 5.74) is 0.161. The number of ether oxygens (including phenoxy) is 1. The van der Waals surface area contributed by atoms with Gasteiger partial charge >= 0.3 is 0 Å². The van der Waals surface area contributed by atoms with Gasteiger partial charge in [-0.25, -0.2) is 0 Å². The Morgan fingerprint density at radius 3 is 2.33 bits per heavy atom. The second kappa shape index (κ2) is 7.59. The third-order valence-corrected chi connectivity index (χ3v) is 3.81. The van der Waals surface area contributed by atoms with Crippen LogP contribution in [-0.2, 0) is 10.3 Å². The number of nitriles is 1. The zero-order valence-electron chi connectivity index (χ0n) is 13.9. The number of nitrogens with one attached hydrogen (secondary N) is 1. The van der Waals surface area contributed by atoms with E-state index in [1.807, 2.05) is 30.3 Å². The van der Waals surface area contributed by atoms with E-state index >= 15 is 0 Å². The fourth-order valence-electron chi connectivity index (χ4n) is 2.25. The summed E-state index contributed by atoms with van der Waals surface area (Å²) in [6.45, 7) is 11.0. The van der Waals surface area contributed by atoms with Gasteiger partial charge < -0.3 is 4.74 Å². The monoisotopic (exact) mass is 288 g/mol. The Labute approximate surface area is 129 Å². The summed E-state index contributed by atoms with van der Waals surface area (Å²) in [5, 5.41) is 13.2. The second-order valence-electron chi connectivity index (χ2n) is 6.39. The fourth-order valence-corrected chi connectivity index (χ4v) is 2.25. The maximum absolute atomic E-state index is 9.80. The molecule has 1 aromatic carbocycles. The minimum Gasteiger partial charge on any atom is -0.375 e. The maximum Gasteiger partial charge on any atom is 0.134 e. The van der Waals surface area contributed by atoms with Crippen LogP contribution in [-0.4, -0.2) is 18.2 Å². The quantitative estimate of drug-likeness (QED) is 0.786. The van der Waals surface area contributed by atoms with E-state index in [9.17, 15) is 5.26 Å². The molecule has 3 heteroatoms. The van der Waals surface area contributed by atoms with E-state index in [0.717, 1.165) is 12.0 Å². The first kappa shape index (κ1) is 17.7. The first-order valence-corrected chi connectivity index (χ1v) is 7.73. The summed E-state index contributed by atoms with van der Waals surface area (Å²) in [5.74, 6) is 0. The molecule has 21 heavy (non-hydrogen) atoms. The van der Waals surface area contributed by atoms with Gasteiger partial charge in [0.2, 0.25) is 0 Å². The molecule has 0 amide bonds. The fraction of sp³-hybridized carbons (Fsp3) is 0.611. The Hall–Kier alpha value is -1.37. The predicted octanol–water partition coefficient (Wildman–Crippen LogP) is 4.00. The summed E-state index contributed by atoms with van der Waals surface area (Å²) >= 11 is 0. The van der Waals surface area contributed by atoms with Crippen LogP contribution in [0.5, 0.6) is 0 Å². The molecular weight excluding hydrogens is 260 g/mol. The Kier molecular flexibility index (Phi) is 6.39. The lowest BCUT2D eigenvalue weighted by molar-refractivity contribution is -0.0273. The summed E-state index contributed by atoms with van der Waals surface area (Å²) in [6, 6.07) is 12.6. The Morgan fingerprint density at radius 1 is 1.24 bits per heavy atom. The molecule has 0 aliphatic carbocycles. The van der Waals surface area contributed by atoms with Crippen molar-refractivity contribution in [3.63, 3.8) is 0 Å². The van der Waals surface area contributed by atoms with Crippen molar-refractivity contribution in [2.24, 2.45) is 0 Å². The van der Waals surface area contributed by atoms with Gasteiger partial charge in [-0.3, -0.25) is 5.32 Å². The van der Waals surface area contributed by atoms with E-state index in [2.05, 4.69) is 46.0 Å². The van der Waals surface area contributed by atoms with Crippen LogP contribution in [0, 0.1) is 11.3 Å². The molecule has 0 bridgehead atoms. The number of hydrogen-bond acceptors (Lipinski definition) is 3. The van der Waals surface area contributed by atoms with Gasteiger partial charge in [-0.2, -0.15) is 5.26 Å². The highest BCUT2D eigenvalue weighted by atomic mass is 16.5. The molecule has 0 aliphatic heterocycles. The van der Waals surface area contributed by atoms with Gasteiger partial charge in [-0.1, -0.05) is 37.3 Å². The summed E-state index contributed by atoms with van der Waals surface area (Å²) in [4.78, 5) is 0. The zero-order valence-corrected chi connectivity index (χ0v) is 13.9. The zero-order chi connectivity index (χ0) is 15.9. The molecular formula is C18H28N2O. The van der Waals surface area contributed by atoms with E-state index in [1.54, 1.807) is 0 Å². The second-order valence-corrected chi connectivity index (χ2v) is 6.39. The predicted molar refractivity (Wildman–Crippen MR) is 86.9 cm³/mol. The SMILES string of the molecule is CCC(C)(C)OCCC(C#N)(NC(C)C)c1ccccc1. The number of rotatable bonds is 8. The van der Waals surface area contributed by atoms with Crippen LogP contribution in [0.1, 0.15) is 53.0 Å². The molecule has 3 nitrogen and oxygen atoms in total. The van der Waals surface area contributed by atoms with Gasteiger partial charge in [0, 0.05) is 12.5 Å². The minimum atomic E-state index is -0.695. The summed E-state index contributed by atoms with van der Waals surface area (Å²) in [7, 11) is 0. The van der Waals surface area contributed by atoms with Crippen molar-refractivity contribution in [1.29, 1.82) is 5.26 Å². The molecule has 1 aromatic rings. The molecule has 0 radical (unpaired) electrons. The molecule has 0 aromatic heterocycles. The number of benzene rings is 1. The highest BCUT2D eigenvalue weighted by molar-refractivity contribution is 5.31. The van der Waals surface area contributed by atoms with Crippen LogP contribution in [0.25, 0.3) is 0 Å². The molecule has 116 valence electrons. The third kappa shape index (κ3) is 5.15. The van der Waals surface area contributed by atoms with Gasteiger partial charge in [-0.05, 0) is 39.7 Å². The lowest BCUT2D eigenvalue weighted by Crippen LogP contribution is -2.46. The molecule has 1 unspecified atom stereocenters. The van der Waals surface area contributed by atoms with Crippen molar-refractivity contribution in [3.05, 3.63) is 35.9 Å². The lowest BCUT2D eigenvalue weighted by Gasteiger charge is -2.32. The van der Waals surface area contributed by atoms with Crippen molar-refractivity contribution in [3.8, 4) is 6.07 Å². The van der Waals surface area contributed by atoms with Crippen molar-refractivity contribution in [2.75, 3.05) is 6.61 Å². The lowest BCUT2D eigenvalue weighted by atomic mass is 9.87.